The maximum Gasteiger partial charge on any atom is 0.269 e. The Labute approximate surface area is 230 Å². The standard InChI is InChI=1S/C33H56O3S/c1-27(2)15-10-16-29(5)17-11-18-30(6)19-12-20-31(7)21-13-22-32(8)23-14-24-33(9)25-26-36-37(34,35)28(3)4/h15,17,19,21,23,25,28H,10-14,16,18,20,22,24,26H2,1-9H3. The number of rotatable bonds is 19. The highest BCUT2D eigenvalue weighted by Gasteiger charge is 2.15. The average Bonchev–Trinajstić information content (AvgIpc) is 2.78. The predicted molar refractivity (Wildman–Crippen MR) is 164 cm³/mol. The molecule has 0 saturated heterocycles. The van der Waals surface area contributed by atoms with E-state index in [9.17, 15) is 8.42 Å². The van der Waals surface area contributed by atoms with E-state index < -0.39 is 15.4 Å². The number of hydrogen-bond donors (Lipinski definition) is 0. The first-order valence-electron chi connectivity index (χ1n) is 14.1. The minimum atomic E-state index is -3.44. The topological polar surface area (TPSA) is 43.4 Å². The van der Waals surface area contributed by atoms with Crippen LogP contribution in [0.25, 0.3) is 0 Å². The molecule has 0 fully saturated rings. The molecule has 0 heterocycles. The molecule has 0 aliphatic carbocycles. The molecule has 0 aromatic carbocycles. The van der Waals surface area contributed by atoms with Gasteiger partial charge in [-0.05, 0) is 127 Å². The van der Waals surface area contributed by atoms with Crippen molar-refractivity contribution in [3.05, 3.63) is 69.9 Å². The summed E-state index contributed by atoms with van der Waals surface area (Å²) >= 11 is 0. The first-order valence-corrected chi connectivity index (χ1v) is 15.6. The number of hydrogen-bond acceptors (Lipinski definition) is 3. The first kappa shape index (κ1) is 35.4. The van der Waals surface area contributed by atoms with Crippen molar-refractivity contribution in [2.45, 2.75) is 132 Å². The zero-order chi connectivity index (χ0) is 28.3. The SMILES string of the molecule is CC(C)=CCCC(C)=CCCC(C)=CCCC(C)=CCCC(C)=CCCC(C)=CCOS(=O)(=O)C(C)C. The Kier molecular flexibility index (Phi) is 19.4. The lowest BCUT2D eigenvalue weighted by Crippen LogP contribution is -2.17. The van der Waals surface area contributed by atoms with Crippen LogP contribution in [-0.4, -0.2) is 20.3 Å². The average molecular weight is 533 g/mol. The molecule has 0 rings (SSSR count). The van der Waals surface area contributed by atoms with Gasteiger partial charge in [-0.15, -0.1) is 0 Å². The summed E-state index contributed by atoms with van der Waals surface area (Å²) < 4.78 is 28.4. The highest BCUT2D eigenvalue weighted by atomic mass is 32.2. The molecule has 0 bridgehead atoms. The Morgan fingerprint density at radius 3 is 1.14 bits per heavy atom. The van der Waals surface area contributed by atoms with Crippen molar-refractivity contribution >= 4 is 10.1 Å². The summed E-state index contributed by atoms with van der Waals surface area (Å²) in [6, 6.07) is 0. The van der Waals surface area contributed by atoms with E-state index in [4.69, 9.17) is 4.18 Å². The third-order valence-electron chi connectivity index (χ3n) is 6.46. The van der Waals surface area contributed by atoms with E-state index in [1.54, 1.807) is 13.8 Å². The van der Waals surface area contributed by atoms with Gasteiger partial charge in [-0.1, -0.05) is 69.9 Å². The molecule has 0 atom stereocenters. The van der Waals surface area contributed by atoms with E-state index in [-0.39, 0.29) is 6.61 Å². The first-order chi connectivity index (χ1) is 17.3. The smallest absolute Gasteiger partial charge is 0.266 e. The quantitative estimate of drug-likeness (QED) is 0.123. The summed E-state index contributed by atoms with van der Waals surface area (Å²) in [5.41, 5.74) is 8.45. The van der Waals surface area contributed by atoms with Crippen molar-refractivity contribution in [3.63, 3.8) is 0 Å². The lowest BCUT2D eigenvalue weighted by atomic mass is 10.0. The molecule has 0 N–H and O–H groups in total. The van der Waals surface area contributed by atoms with E-state index in [1.165, 1.54) is 34.3 Å². The Morgan fingerprint density at radius 1 is 0.541 bits per heavy atom. The van der Waals surface area contributed by atoms with Crippen LogP contribution in [0.1, 0.15) is 127 Å². The highest BCUT2D eigenvalue weighted by Crippen LogP contribution is 2.16. The third-order valence-corrected chi connectivity index (χ3v) is 8.08. The fourth-order valence-electron chi connectivity index (χ4n) is 3.69. The van der Waals surface area contributed by atoms with Gasteiger partial charge < -0.3 is 0 Å². The van der Waals surface area contributed by atoms with Gasteiger partial charge in [0.05, 0.1) is 11.9 Å². The van der Waals surface area contributed by atoms with Gasteiger partial charge in [0.15, 0.2) is 0 Å². The van der Waals surface area contributed by atoms with Crippen LogP contribution in [0.3, 0.4) is 0 Å². The summed E-state index contributed by atoms with van der Waals surface area (Å²) in [5.74, 6) is 0. The van der Waals surface area contributed by atoms with Crippen LogP contribution in [0.5, 0.6) is 0 Å². The lowest BCUT2D eigenvalue weighted by molar-refractivity contribution is 0.351. The van der Waals surface area contributed by atoms with Crippen LogP contribution in [0, 0.1) is 0 Å². The van der Waals surface area contributed by atoms with Gasteiger partial charge in [0, 0.05) is 0 Å². The largest absolute Gasteiger partial charge is 0.269 e. The van der Waals surface area contributed by atoms with Gasteiger partial charge in [0.2, 0.25) is 0 Å². The molecule has 0 radical (unpaired) electrons. The molecule has 212 valence electrons. The molecule has 3 nitrogen and oxygen atoms in total. The Morgan fingerprint density at radius 2 is 0.838 bits per heavy atom. The Balaban J connectivity index is 4.20. The van der Waals surface area contributed by atoms with Crippen LogP contribution in [0.15, 0.2) is 69.9 Å². The lowest BCUT2D eigenvalue weighted by Gasteiger charge is -2.06. The van der Waals surface area contributed by atoms with Gasteiger partial charge in [0.1, 0.15) is 0 Å². The maximum atomic E-state index is 11.7. The summed E-state index contributed by atoms with van der Waals surface area (Å²) in [6.07, 6.45) is 24.7. The van der Waals surface area contributed by atoms with Crippen molar-refractivity contribution < 1.29 is 12.6 Å². The van der Waals surface area contributed by atoms with Crippen LogP contribution >= 0.6 is 0 Å². The van der Waals surface area contributed by atoms with E-state index in [1.807, 2.05) is 13.0 Å². The van der Waals surface area contributed by atoms with Crippen LogP contribution in [0.4, 0.5) is 0 Å². The zero-order valence-corrected chi connectivity index (χ0v) is 26.3. The molecule has 0 aromatic rings. The van der Waals surface area contributed by atoms with Crippen LogP contribution in [-0.2, 0) is 14.3 Å². The van der Waals surface area contributed by atoms with E-state index in [2.05, 4.69) is 71.9 Å². The molecule has 0 aliphatic rings. The minimum absolute atomic E-state index is 0.126. The van der Waals surface area contributed by atoms with Crippen molar-refractivity contribution in [3.8, 4) is 0 Å². The van der Waals surface area contributed by atoms with Gasteiger partial charge >= 0.3 is 0 Å². The van der Waals surface area contributed by atoms with Crippen LogP contribution < -0.4 is 0 Å². The molecule has 4 heteroatoms. The molecular formula is C33H56O3S. The zero-order valence-electron chi connectivity index (χ0n) is 25.5. The molecule has 0 unspecified atom stereocenters. The van der Waals surface area contributed by atoms with Crippen LogP contribution in [0.2, 0.25) is 0 Å². The molecular weight excluding hydrogens is 476 g/mol. The fourth-order valence-corrected chi connectivity index (χ4v) is 4.22. The summed E-state index contributed by atoms with van der Waals surface area (Å²) in [5, 5.41) is -0.505. The molecule has 0 spiro atoms. The molecule has 0 saturated carbocycles. The monoisotopic (exact) mass is 532 g/mol. The Hall–Kier alpha value is -1.65. The van der Waals surface area contributed by atoms with Gasteiger partial charge in [0.25, 0.3) is 10.1 Å². The van der Waals surface area contributed by atoms with Crippen molar-refractivity contribution in [2.24, 2.45) is 0 Å². The van der Waals surface area contributed by atoms with Crippen molar-refractivity contribution in [1.82, 2.24) is 0 Å². The molecule has 0 aliphatic heterocycles. The molecule has 0 aromatic heterocycles. The summed E-state index contributed by atoms with van der Waals surface area (Å²) in [4.78, 5) is 0. The van der Waals surface area contributed by atoms with Crippen molar-refractivity contribution in [1.29, 1.82) is 0 Å². The fraction of sp³-hybridized carbons (Fsp3) is 0.636. The van der Waals surface area contributed by atoms with E-state index >= 15 is 0 Å². The van der Waals surface area contributed by atoms with Gasteiger partial charge in [-0.2, -0.15) is 8.42 Å². The highest BCUT2D eigenvalue weighted by molar-refractivity contribution is 7.87. The summed E-state index contributed by atoms with van der Waals surface area (Å²) in [6.45, 7) is 18.7. The predicted octanol–water partition coefficient (Wildman–Crippen LogP) is 10.3. The second-order valence-electron chi connectivity index (χ2n) is 11.1. The van der Waals surface area contributed by atoms with E-state index in [0.717, 1.165) is 63.4 Å². The Bertz CT molecular complexity index is 934. The van der Waals surface area contributed by atoms with Crippen molar-refractivity contribution in [2.75, 3.05) is 6.61 Å². The second kappa shape index (κ2) is 20.3. The van der Waals surface area contributed by atoms with Gasteiger partial charge in [-0.25, -0.2) is 0 Å². The maximum absolute atomic E-state index is 11.7. The number of allylic oxidation sites excluding steroid dienone is 11. The molecule has 37 heavy (non-hydrogen) atoms. The minimum Gasteiger partial charge on any atom is -0.266 e. The summed E-state index contributed by atoms with van der Waals surface area (Å²) in [7, 11) is -3.44. The second-order valence-corrected chi connectivity index (χ2v) is 13.2. The molecule has 0 amide bonds. The third kappa shape index (κ3) is 21.0. The van der Waals surface area contributed by atoms with Gasteiger partial charge in [-0.3, -0.25) is 4.18 Å². The van der Waals surface area contributed by atoms with E-state index in [0.29, 0.717) is 0 Å². The normalized spacial score (nSPS) is 14.5.